The summed E-state index contributed by atoms with van der Waals surface area (Å²) in [4.78, 5) is 12.8. The Morgan fingerprint density at radius 1 is 1.53 bits per heavy atom. The highest BCUT2D eigenvalue weighted by atomic mass is 19.4. The van der Waals surface area contributed by atoms with Crippen LogP contribution >= 0.6 is 0 Å². The fourth-order valence-corrected chi connectivity index (χ4v) is 1.20. The average molecular weight is 254 g/mol. The van der Waals surface area contributed by atoms with Gasteiger partial charge in [-0.15, -0.1) is 13.2 Å². The van der Waals surface area contributed by atoms with E-state index in [2.05, 4.69) is 9.72 Å². The van der Waals surface area contributed by atoms with Crippen LogP contribution in [0.4, 0.5) is 23.2 Å². The lowest BCUT2D eigenvalue weighted by Gasteiger charge is -2.11. The van der Waals surface area contributed by atoms with E-state index in [4.69, 9.17) is 0 Å². The SMILES string of the molecule is Cc1c(OC(F)(F)F)cnc(CF)c1[N+](=O)[O-]. The van der Waals surface area contributed by atoms with Crippen molar-refractivity contribution in [1.29, 1.82) is 0 Å². The van der Waals surface area contributed by atoms with Crippen molar-refractivity contribution in [3.05, 3.63) is 27.6 Å². The Labute approximate surface area is 92.2 Å². The third-order valence-corrected chi connectivity index (χ3v) is 1.87. The second-order valence-electron chi connectivity index (χ2n) is 2.98. The average Bonchev–Trinajstić information content (AvgIpc) is 2.18. The van der Waals surface area contributed by atoms with Gasteiger partial charge in [-0.25, -0.2) is 9.37 Å². The van der Waals surface area contributed by atoms with Gasteiger partial charge in [0.2, 0.25) is 0 Å². The minimum atomic E-state index is -4.99. The molecular formula is C8H6F4N2O3. The summed E-state index contributed by atoms with van der Waals surface area (Å²) in [5.74, 6) is -0.818. The summed E-state index contributed by atoms with van der Waals surface area (Å²) < 4.78 is 51.7. The first-order chi connectivity index (χ1) is 7.76. The van der Waals surface area contributed by atoms with Gasteiger partial charge in [-0.3, -0.25) is 10.1 Å². The number of pyridine rings is 1. The van der Waals surface area contributed by atoms with Gasteiger partial charge in [0.1, 0.15) is 12.4 Å². The van der Waals surface area contributed by atoms with E-state index in [0.717, 1.165) is 6.92 Å². The fraction of sp³-hybridized carbons (Fsp3) is 0.375. The molecule has 0 radical (unpaired) electrons. The number of nitrogens with zero attached hydrogens (tertiary/aromatic N) is 2. The molecule has 0 unspecified atom stereocenters. The Morgan fingerprint density at radius 2 is 2.12 bits per heavy atom. The topological polar surface area (TPSA) is 65.3 Å². The lowest BCUT2D eigenvalue weighted by atomic mass is 10.2. The quantitative estimate of drug-likeness (QED) is 0.472. The molecule has 0 spiro atoms. The summed E-state index contributed by atoms with van der Waals surface area (Å²) in [6.45, 7) is -0.219. The minimum Gasteiger partial charge on any atom is -0.404 e. The van der Waals surface area contributed by atoms with Gasteiger partial charge in [-0.2, -0.15) is 0 Å². The Balaban J connectivity index is 3.28. The van der Waals surface area contributed by atoms with Gasteiger partial charge in [0.15, 0.2) is 5.75 Å². The van der Waals surface area contributed by atoms with Crippen LogP contribution in [-0.4, -0.2) is 16.3 Å². The van der Waals surface area contributed by atoms with Gasteiger partial charge >= 0.3 is 6.36 Å². The zero-order chi connectivity index (χ0) is 13.2. The molecule has 1 aromatic heterocycles. The molecule has 1 aromatic rings. The van der Waals surface area contributed by atoms with Crippen LogP contribution < -0.4 is 4.74 Å². The van der Waals surface area contributed by atoms with E-state index >= 15 is 0 Å². The summed E-state index contributed by atoms with van der Waals surface area (Å²) in [6, 6.07) is 0. The van der Waals surface area contributed by atoms with Gasteiger partial charge in [0.25, 0.3) is 5.69 Å². The Hall–Kier alpha value is -1.93. The predicted molar refractivity (Wildman–Crippen MR) is 47.1 cm³/mol. The summed E-state index contributed by atoms with van der Waals surface area (Å²) in [6.07, 6.45) is -4.39. The van der Waals surface area contributed by atoms with Crippen LogP contribution in [0.2, 0.25) is 0 Å². The van der Waals surface area contributed by atoms with E-state index in [1.165, 1.54) is 0 Å². The zero-order valence-electron chi connectivity index (χ0n) is 8.42. The van der Waals surface area contributed by atoms with E-state index in [1.54, 1.807) is 0 Å². The second kappa shape index (κ2) is 4.52. The van der Waals surface area contributed by atoms with Gasteiger partial charge in [0, 0.05) is 0 Å². The smallest absolute Gasteiger partial charge is 0.404 e. The number of hydrogen-bond donors (Lipinski definition) is 0. The molecule has 0 bridgehead atoms. The summed E-state index contributed by atoms with van der Waals surface area (Å²) in [7, 11) is 0. The molecule has 0 saturated heterocycles. The fourth-order valence-electron chi connectivity index (χ4n) is 1.20. The molecule has 0 N–H and O–H groups in total. The molecule has 0 amide bonds. The van der Waals surface area contributed by atoms with E-state index < -0.39 is 40.7 Å². The molecule has 0 aliphatic rings. The van der Waals surface area contributed by atoms with Crippen molar-refractivity contribution < 1.29 is 27.2 Å². The Morgan fingerprint density at radius 3 is 2.53 bits per heavy atom. The molecule has 9 heteroatoms. The Bertz CT molecular complexity index is 447. The molecule has 0 saturated carbocycles. The van der Waals surface area contributed by atoms with Gasteiger partial charge in [-0.1, -0.05) is 0 Å². The monoisotopic (exact) mass is 254 g/mol. The normalized spacial score (nSPS) is 11.4. The van der Waals surface area contributed by atoms with Crippen molar-refractivity contribution in [2.75, 3.05) is 0 Å². The van der Waals surface area contributed by atoms with Crippen LogP contribution in [0.5, 0.6) is 5.75 Å². The number of rotatable bonds is 3. The van der Waals surface area contributed by atoms with Crippen molar-refractivity contribution in [3.63, 3.8) is 0 Å². The molecule has 17 heavy (non-hydrogen) atoms. The van der Waals surface area contributed by atoms with Crippen LogP contribution in [0.1, 0.15) is 11.3 Å². The van der Waals surface area contributed by atoms with E-state index in [9.17, 15) is 27.7 Å². The lowest BCUT2D eigenvalue weighted by Crippen LogP contribution is -2.18. The molecule has 0 aromatic carbocycles. The number of alkyl halides is 4. The van der Waals surface area contributed by atoms with Crippen molar-refractivity contribution in [2.45, 2.75) is 20.0 Å². The summed E-state index contributed by atoms with van der Waals surface area (Å²) in [5, 5.41) is 10.6. The molecule has 94 valence electrons. The highest BCUT2D eigenvalue weighted by molar-refractivity contribution is 5.50. The maximum absolute atomic E-state index is 12.4. The first-order valence-electron chi connectivity index (χ1n) is 4.21. The van der Waals surface area contributed by atoms with Crippen molar-refractivity contribution >= 4 is 5.69 Å². The molecule has 0 atom stereocenters. The van der Waals surface area contributed by atoms with Crippen LogP contribution in [0.3, 0.4) is 0 Å². The summed E-state index contributed by atoms with van der Waals surface area (Å²) >= 11 is 0. The predicted octanol–water partition coefficient (Wildman–Crippen LogP) is 2.67. The highest BCUT2D eigenvalue weighted by Gasteiger charge is 2.34. The lowest BCUT2D eigenvalue weighted by molar-refractivity contribution is -0.386. The first kappa shape index (κ1) is 13.1. The standard InChI is InChI=1S/C8H6F4N2O3/c1-4-6(17-8(10,11)12)3-13-5(2-9)7(4)14(15)16/h3H,2H2,1H3. The van der Waals surface area contributed by atoms with Crippen molar-refractivity contribution in [1.82, 2.24) is 4.98 Å². The number of hydrogen-bond acceptors (Lipinski definition) is 4. The third kappa shape index (κ3) is 3.02. The van der Waals surface area contributed by atoms with Gasteiger partial charge in [-0.05, 0) is 6.92 Å². The Kier molecular flexibility index (Phi) is 3.49. The number of halogens is 4. The maximum atomic E-state index is 12.4. The minimum absolute atomic E-state index is 0.421. The molecular weight excluding hydrogens is 248 g/mol. The largest absolute Gasteiger partial charge is 0.573 e. The molecule has 5 nitrogen and oxygen atoms in total. The second-order valence-corrected chi connectivity index (χ2v) is 2.98. The summed E-state index contributed by atoms with van der Waals surface area (Å²) in [5.41, 5.74) is -1.77. The van der Waals surface area contributed by atoms with E-state index in [0.29, 0.717) is 6.20 Å². The number of ether oxygens (including phenoxy) is 1. The molecule has 1 heterocycles. The highest BCUT2D eigenvalue weighted by Crippen LogP contribution is 2.33. The van der Waals surface area contributed by atoms with Crippen molar-refractivity contribution in [2.24, 2.45) is 0 Å². The zero-order valence-corrected chi connectivity index (χ0v) is 8.42. The van der Waals surface area contributed by atoms with Crippen LogP contribution in [0.25, 0.3) is 0 Å². The molecule has 0 aliphatic carbocycles. The van der Waals surface area contributed by atoms with Gasteiger partial charge < -0.3 is 4.74 Å². The number of nitro groups is 1. The molecule has 0 fully saturated rings. The molecule has 1 rings (SSSR count). The van der Waals surface area contributed by atoms with E-state index in [1.807, 2.05) is 0 Å². The number of aromatic nitrogens is 1. The van der Waals surface area contributed by atoms with Crippen LogP contribution in [0, 0.1) is 17.0 Å². The van der Waals surface area contributed by atoms with Crippen LogP contribution in [0.15, 0.2) is 6.20 Å². The third-order valence-electron chi connectivity index (χ3n) is 1.87. The van der Waals surface area contributed by atoms with E-state index in [-0.39, 0.29) is 0 Å². The van der Waals surface area contributed by atoms with Gasteiger partial charge in [0.05, 0.1) is 16.7 Å². The molecule has 0 aliphatic heterocycles. The maximum Gasteiger partial charge on any atom is 0.573 e. The first-order valence-corrected chi connectivity index (χ1v) is 4.21. The van der Waals surface area contributed by atoms with Crippen LogP contribution in [-0.2, 0) is 6.67 Å². The van der Waals surface area contributed by atoms with Crippen molar-refractivity contribution in [3.8, 4) is 5.75 Å².